The summed E-state index contributed by atoms with van der Waals surface area (Å²) in [6.45, 7) is 2.07. The number of furan rings is 1. The average molecular weight is 524 g/mol. The molecular weight excluding hydrogens is 502 g/mol. The third kappa shape index (κ3) is 5.94. The van der Waals surface area contributed by atoms with Gasteiger partial charge in [0.25, 0.3) is 21.8 Å². The van der Waals surface area contributed by atoms with E-state index in [1.165, 1.54) is 24.5 Å². The van der Waals surface area contributed by atoms with Gasteiger partial charge in [0.2, 0.25) is 0 Å². The van der Waals surface area contributed by atoms with Crippen LogP contribution in [-0.2, 0) is 16.6 Å². The van der Waals surface area contributed by atoms with Gasteiger partial charge in [-0.1, -0.05) is 41.4 Å². The largest absolute Gasteiger partial charge is 0.467 e. The number of aryl methyl sites for hydroxylation is 1. The Morgan fingerprint density at radius 2 is 1.67 bits per heavy atom. The highest BCUT2D eigenvalue weighted by atomic mass is 35.5. The molecule has 0 aliphatic rings. The number of hydrogen-bond donors (Lipinski definition) is 3. The van der Waals surface area contributed by atoms with Crippen LogP contribution in [0, 0.1) is 6.92 Å². The van der Waals surface area contributed by atoms with E-state index in [0.29, 0.717) is 11.4 Å². The molecule has 0 atom stereocenters. The maximum absolute atomic E-state index is 13.0. The lowest BCUT2D eigenvalue weighted by atomic mass is 10.1. The topological polar surface area (TPSA) is 118 Å². The van der Waals surface area contributed by atoms with E-state index in [0.717, 1.165) is 5.56 Å². The molecule has 4 aromatic rings. The van der Waals surface area contributed by atoms with Gasteiger partial charge in [-0.3, -0.25) is 14.3 Å². The number of hydrogen-bond acceptors (Lipinski definition) is 5. The molecule has 3 N–H and O–H groups in total. The standard InChI is InChI=1S/C26H22ClN3O5S/c1-17-8-11-19(12-9-17)30-36(33,34)24-15-18(10-13-22(24)27)25(31)29-23-7-3-2-6-21(23)26(32)28-16-20-5-4-14-35-20/h2-15,30H,16H2,1H3,(H,28,32)(H,29,31). The number of carbonyl (C=O) groups excluding carboxylic acids is 2. The summed E-state index contributed by atoms with van der Waals surface area (Å²) in [6, 6.07) is 20.7. The molecule has 0 saturated carbocycles. The summed E-state index contributed by atoms with van der Waals surface area (Å²) < 4.78 is 33.6. The normalized spacial score (nSPS) is 11.1. The van der Waals surface area contributed by atoms with Crippen LogP contribution in [0.4, 0.5) is 11.4 Å². The van der Waals surface area contributed by atoms with Crippen LogP contribution in [0.5, 0.6) is 0 Å². The van der Waals surface area contributed by atoms with Crippen molar-refractivity contribution < 1.29 is 22.4 Å². The maximum Gasteiger partial charge on any atom is 0.263 e. The van der Waals surface area contributed by atoms with Gasteiger partial charge in [0.05, 0.1) is 29.1 Å². The molecule has 10 heteroatoms. The molecular formula is C26H22ClN3O5S. The predicted molar refractivity (Wildman–Crippen MR) is 138 cm³/mol. The minimum atomic E-state index is -4.07. The number of halogens is 1. The smallest absolute Gasteiger partial charge is 0.263 e. The van der Waals surface area contributed by atoms with Gasteiger partial charge in [0.1, 0.15) is 10.7 Å². The summed E-state index contributed by atoms with van der Waals surface area (Å²) in [5.74, 6) is -0.437. The molecule has 3 aromatic carbocycles. The minimum Gasteiger partial charge on any atom is -0.467 e. The molecule has 1 aromatic heterocycles. The molecule has 0 radical (unpaired) electrons. The van der Waals surface area contributed by atoms with Crippen LogP contribution < -0.4 is 15.4 Å². The predicted octanol–water partition coefficient (Wildman–Crippen LogP) is 5.22. The van der Waals surface area contributed by atoms with E-state index in [2.05, 4.69) is 15.4 Å². The molecule has 1 heterocycles. The molecule has 0 unspecified atom stereocenters. The Kier molecular flexibility index (Phi) is 7.42. The third-order valence-electron chi connectivity index (χ3n) is 5.21. The second-order valence-electron chi connectivity index (χ2n) is 7.88. The highest BCUT2D eigenvalue weighted by Crippen LogP contribution is 2.26. The Bertz CT molecular complexity index is 1500. The molecule has 0 spiro atoms. The van der Waals surface area contributed by atoms with Crippen molar-refractivity contribution in [1.29, 1.82) is 0 Å². The van der Waals surface area contributed by atoms with Gasteiger partial charge in [-0.2, -0.15) is 0 Å². The van der Waals surface area contributed by atoms with Crippen LogP contribution >= 0.6 is 11.6 Å². The van der Waals surface area contributed by atoms with Crippen molar-refractivity contribution >= 4 is 44.8 Å². The monoisotopic (exact) mass is 523 g/mol. The molecule has 0 saturated heterocycles. The third-order valence-corrected chi connectivity index (χ3v) is 7.07. The SMILES string of the molecule is Cc1ccc(NS(=O)(=O)c2cc(C(=O)Nc3ccccc3C(=O)NCc3ccco3)ccc2Cl)cc1. The number of amides is 2. The Hall–Kier alpha value is -4.08. The number of carbonyl (C=O) groups is 2. The summed E-state index contributed by atoms with van der Waals surface area (Å²) in [5, 5.41) is 5.36. The fourth-order valence-electron chi connectivity index (χ4n) is 3.34. The first-order valence-electron chi connectivity index (χ1n) is 10.8. The molecule has 0 aliphatic heterocycles. The first kappa shape index (κ1) is 25.0. The van der Waals surface area contributed by atoms with E-state index < -0.39 is 21.8 Å². The summed E-state index contributed by atoms with van der Waals surface area (Å²) in [7, 11) is -4.07. The van der Waals surface area contributed by atoms with Crippen molar-refractivity contribution in [2.24, 2.45) is 0 Å². The molecule has 2 amide bonds. The van der Waals surface area contributed by atoms with Crippen LogP contribution in [0.2, 0.25) is 5.02 Å². The van der Waals surface area contributed by atoms with Gasteiger partial charge in [-0.15, -0.1) is 0 Å². The van der Waals surface area contributed by atoms with E-state index in [1.807, 2.05) is 6.92 Å². The Balaban J connectivity index is 1.53. The van der Waals surface area contributed by atoms with Crippen molar-refractivity contribution in [3.63, 3.8) is 0 Å². The van der Waals surface area contributed by atoms with Crippen LogP contribution in [0.3, 0.4) is 0 Å². The van der Waals surface area contributed by atoms with Crippen molar-refractivity contribution in [1.82, 2.24) is 5.32 Å². The summed E-state index contributed by atoms with van der Waals surface area (Å²) in [6.07, 6.45) is 1.51. The number of rotatable bonds is 8. The molecule has 0 bridgehead atoms. The van der Waals surface area contributed by atoms with Gasteiger partial charge < -0.3 is 15.1 Å². The Labute approximate surface area is 213 Å². The van der Waals surface area contributed by atoms with Crippen molar-refractivity contribution in [3.05, 3.63) is 113 Å². The fraction of sp³-hybridized carbons (Fsp3) is 0.0769. The van der Waals surface area contributed by atoms with Gasteiger partial charge in [-0.25, -0.2) is 8.42 Å². The highest BCUT2D eigenvalue weighted by Gasteiger charge is 2.21. The maximum atomic E-state index is 13.0. The first-order valence-corrected chi connectivity index (χ1v) is 12.7. The highest BCUT2D eigenvalue weighted by molar-refractivity contribution is 7.92. The average Bonchev–Trinajstić information content (AvgIpc) is 3.38. The van der Waals surface area contributed by atoms with Crippen LogP contribution in [0.25, 0.3) is 0 Å². The second-order valence-corrected chi connectivity index (χ2v) is 9.94. The van der Waals surface area contributed by atoms with E-state index in [4.69, 9.17) is 16.0 Å². The summed E-state index contributed by atoms with van der Waals surface area (Å²) in [5.41, 5.74) is 1.89. The quantitative estimate of drug-likeness (QED) is 0.292. The lowest BCUT2D eigenvalue weighted by molar-refractivity contribution is 0.0949. The summed E-state index contributed by atoms with van der Waals surface area (Å²) >= 11 is 6.17. The van der Waals surface area contributed by atoms with E-state index in [1.54, 1.807) is 60.7 Å². The Morgan fingerprint density at radius 3 is 2.39 bits per heavy atom. The van der Waals surface area contributed by atoms with Gasteiger partial charge >= 0.3 is 0 Å². The molecule has 8 nitrogen and oxygen atoms in total. The zero-order valence-corrected chi connectivity index (χ0v) is 20.7. The van der Waals surface area contributed by atoms with Crippen molar-refractivity contribution in [2.45, 2.75) is 18.4 Å². The number of anilines is 2. The van der Waals surface area contributed by atoms with Crippen LogP contribution in [0.15, 0.2) is 94.4 Å². The van der Waals surface area contributed by atoms with Gasteiger partial charge in [0, 0.05) is 11.3 Å². The first-order chi connectivity index (χ1) is 17.2. The Morgan fingerprint density at radius 1 is 0.917 bits per heavy atom. The number of para-hydroxylation sites is 1. The minimum absolute atomic E-state index is 0.0381. The van der Waals surface area contributed by atoms with Crippen molar-refractivity contribution in [3.8, 4) is 0 Å². The zero-order chi connectivity index (χ0) is 25.7. The lowest BCUT2D eigenvalue weighted by Gasteiger charge is -2.13. The van der Waals surface area contributed by atoms with E-state index in [9.17, 15) is 18.0 Å². The zero-order valence-electron chi connectivity index (χ0n) is 19.1. The van der Waals surface area contributed by atoms with Crippen LogP contribution in [0.1, 0.15) is 32.0 Å². The lowest BCUT2D eigenvalue weighted by Crippen LogP contribution is -2.24. The van der Waals surface area contributed by atoms with Crippen molar-refractivity contribution in [2.75, 3.05) is 10.0 Å². The number of sulfonamides is 1. The second kappa shape index (κ2) is 10.7. The van der Waals surface area contributed by atoms with Gasteiger partial charge in [-0.05, 0) is 61.5 Å². The summed E-state index contributed by atoms with van der Waals surface area (Å²) in [4.78, 5) is 25.4. The number of nitrogens with one attached hydrogen (secondary N) is 3. The molecule has 36 heavy (non-hydrogen) atoms. The molecule has 184 valence electrons. The molecule has 0 aliphatic carbocycles. The fourth-order valence-corrected chi connectivity index (χ4v) is 4.93. The van der Waals surface area contributed by atoms with E-state index in [-0.39, 0.29) is 33.3 Å². The molecule has 4 rings (SSSR count). The van der Waals surface area contributed by atoms with Gasteiger partial charge in [0.15, 0.2) is 0 Å². The molecule has 0 fully saturated rings. The van der Waals surface area contributed by atoms with Crippen LogP contribution in [-0.4, -0.2) is 20.2 Å². The number of benzene rings is 3. The van der Waals surface area contributed by atoms with E-state index >= 15 is 0 Å².